The first-order valence-electron chi connectivity index (χ1n) is 6.35. The van der Waals surface area contributed by atoms with Crippen molar-refractivity contribution in [2.75, 3.05) is 5.32 Å². The number of hydrogen-bond acceptors (Lipinski definition) is 5. The van der Waals surface area contributed by atoms with Gasteiger partial charge in [-0.3, -0.25) is 4.79 Å². The molecule has 2 rings (SSSR count). The quantitative estimate of drug-likeness (QED) is 0.898. The average molecular weight is 289 g/mol. The summed E-state index contributed by atoms with van der Waals surface area (Å²) in [5.41, 5.74) is 6.76. The Hall–Kier alpha value is -2.83. The van der Waals surface area contributed by atoms with Gasteiger partial charge in [-0.2, -0.15) is 0 Å². The standard InChI is InChI=1S/C14H15N3O4/c1-3-11(18)16-10-6-4-9(5-7-10)13-12(20-14(15)19)8(2)17-21-13/h4-7H,3H2,1-2H3,(H2,15,19)(H,16,18). The number of amides is 2. The summed E-state index contributed by atoms with van der Waals surface area (Å²) in [7, 11) is 0. The maximum Gasteiger partial charge on any atom is 0.410 e. The van der Waals surface area contributed by atoms with Crippen LogP contribution >= 0.6 is 0 Å². The number of aromatic nitrogens is 1. The summed E-state index contributed by atoms with van der Waals surface area (Å²) in [6.45, 7) is 3.41. The number of benzene rings is 1. The second-order valence-corrected chi connectivity index (χ2v) is 4.33. The second-order valence-electron chi connectivity index (χ2n) is 4.33. The van der Waals surface area contributed by atoms with Gasteiger partial charge in [0.05, 0.1) is 0 Å². The van der Waals surface area contributed by atoms with Crippen LogP contribution in [0.15, 0.2) is 28.8 Å². The van der Waals surface area contributed by atoms with Gasteiger partial charge < -0.3 is 20.3 Å². The van der Waals surface area contributed by atoms with Gasteiger partial charge in [0.2, 0.25) is 17.4 Å². The third-order valence-electron chi connectivity index (χ3n) is 2.76. The lowest BCUT2D eigenvalue weighted by Crippen LogP contribution is -2.16. The summed E-state index contributed by atoms with van der Waals surface area (Å²) < 4.78 is 10.0. The van der Waals surface area contributed by atoms with Crippen LogP contribution in [0.3, 0.4) is 0 Å². The van der Waals surface area contributed by atoms with E-state index in [1.165, 1.54) is 0 Å². The van der Waals surface area contributed by atoms with E-state index in [2.05, 4.69) is 10.5 Å². The molecule has 2 amide bonds. The van der Waals surface area contributed by atoms with E-state index < -0.39 is 6.09 Å². The van der Waals surface area contributed by atoms with Crippen molar-refractivity contribution in [3.63, 3.8) is 0 Å². The van der Waals surface area contributed by atoms with Crippen LogP contribution in [0, 0.1) is 6.92 Å². The molecule has 0 atom stereocenters. The highest BCUT2D eigenvalue weighted by atomic mass is 16.6. The number of nitrogens with two attached hydrogens (primary N) is 1. The SMILES string of the molecule is CCC(=O)Nc1ccc(-c2onc(C)c2OC(N)=O)cc1. The smallest absolute Gasteiger partial charge is 0.404 e. The minimum absolute atomic E-state index is 0.0731. The largest absolute Gasteiger partial charge is 0.410 e. The molecule has 0 aliphatic rings. The summed E-state index contributed by atoms with van der Waals surface area (Å²) in [6.07, 6.45) is -0.533. The number of primary amides is 1. The normalized spacial score (nSPS) is 10.2. The fourth-order valence-electron chi connectivity index (χ4n) is 1.72. The van der Waals surface area contributed by atoms with Crippen LogP contribution in [0.25, 0.3) is 11.3 Å². The predicted molar refractivity (Wildman–Crippen MR) is 75.8 cm³/mol. The van der Waals surface area contributed by atoms with E-state index in [4.69, 9.17) is 15.0 Å². The van der Waals surface area contributed by atoms with Crippen molar-refractivity contribution in [2.24, 2.45) is 5.73 Å². The van der Waals surface area contributed by atoms with Gasteiger partial charge in [-0.25, -0.2) is 4.79 Å². The Bertz CT molecular complexity index is 661. The van der Waals surface area contributed by atoms with Gasteiger partial charge in [0.15, 0.2) is 0 Å². The zero-order chi connectivity index (χ0) is 15.4. The van der Waals surface area contributed by atoms with Crippen LogP contribution in [-0.2, 0) is 4.79 Å². The first kappa shape index (κ1) is 14.6. The van der Waals surface area contributed by atoms with Crippen molar-refractivity contribution in [3.8, 4) is 17.1 Å². The van der Waals surface area contributed by atoms with Gasteiger partial charge >= 0.3 is 6.09 Å². The number of aryl methyl sites for hydroxylation is 1. The van der Waals surface area contributed by atoms with Crippen LogP contribution in [-0.4, -0.2) is 17.2 Å². The molecule has 110 valence electrons. The lowest BCUT2D eigenvalue weighted by atomic mass is 10.1. The van der Waals surface area contributed by atoms with Crippen LogP contribution in [0.4, 0.5) is 10.5 Å². The van der Waals surface area contributed by atoms with Gasteiger partial charge in [-0.05, 0) is 31.2 Å². The molecule has 0 spiro atoms. The molecule has 1 heterocycles. The van der Waals surface area contributed by atoms with E-state index in [-0.39, 0.29) is 11.7 Å². The van der Waals surface area contributed by atoms with E-state index in [1.807, 2.05) is 0 Å². The lowest BCUT2D eigenvalue weighted by Gasteiger charge is -2.05. The number of anilines is 1. The molecule has 0 fully saturated rings. The van der Waals surface area contributed by atoms with Crippen LogP contribution in [0.2, 0.25) is 0 Å². The van der Waals surface area contributed by atoms with Crippen molar-refractivity contribution < 1.29 is 18.8 Å². The zero-order valence-corrected chi connectivity index (χ0v) is 11.7. The highest BCUT2D eigenvalue weighted by molar-refractivity contribution is 5.90. The van der Waals surface area contributed by atoms with Crippen molar-refractivity contribution in [3.05, 3.63) is 30.0 Å². The Morgan fingerprint density at radius 2 is 2.00 bits per heavy atom. The molecular formula is C14H15N3O4. The van der Waals surface area contributed by atoms with Crippen molar-refractivity contribution in [1.82, 2.24) is 5.16 Å². The monoisotopic (exact) mass is 289 g/mol. The molecule has 1 aromatic carbocycles. The molecule has 0 saturated carbocycles. The molecule has 0 unspecified atom stereocenters. The highest BCUT2D eigenvalue weighted by Crippen LogP contribution is 2.33. The van der Waals surface area contributed by atoms with E-state index in [1.54, 1.807) is 38.1 Å². The maximum absolute atomic E-state index is 11.3. The molecular weight excluding hydrogens is 274 g/mol. The number of rotatable bonds is 4. The Labute approximate surface area is 121 Å². The molecule has 1 aromatic heterocycles. The van der Waals surface area contributed by atoms with Gasteiger partial charge in [-0.15, -0.1) is 0 Å². The Morgan fingerprint density at radius 1 is 1.33 bits per heavy atom. The Kier molecular flexibility index (Phi) is 4.22. The zero-order valence-electron chi connectivity index (χ0n) is 11.7. The summed E-state index contributed by atoms with van der Waals surface area (Å²) in [5, 5.41) is 6.48. The molecule has 21 heavy (non-hydrogen) atoms. The number of nitrogens with one attached hydrogen (secondary N) is 1. The van der Waals surface area contributed by atoms with Crippen molar-refractivity contribution in [2.45, 2.75) is 20.3 Å². The van der Waals surface area contributed by atoms with Gasteiger partial charge in [0.25, 0.3) is 0 Å². The Balaban J connectivity index is 2.27. The second kappa shape index (κ2) is 6.08. The van der Waals surface area contributed by atoms with E-state index >= 15 is 0 Å². The van der Waals surface area contributed by atoms with Gasteiger partial charge in [-0.1, -0.05) is 12.1 Å². The molecule has 7 heteroatoms. The number of ether oxygens (including phenoxy) is 1. The van der Waals surface area contributed by atoms with E-state index in [0.717, 1.165) is 0 Å². The van der Waals surface area contributed by atoms with Crippen molar-refractivity contribution >= 4 is 17.7 Å². The fourth-order valence-corrected chi connectivity index (χ4v) is 1.72. The van der Waals surface area contributed by atoms with Gasteiger partial charge in [0, 0.05) is 17.7 Å². The first-order chi connectivity index (χ1) is 10.0. The third kappa shape index (κ3) is 3.38. The molecule has 0 aliphatic heterocycles. The van der Waals surface area contributed by atoms with Crippen molar-refractivity contribution in [1.29, 1.82) is 0 Å². The number of carbonyl (C=O) groups is 2. The maximum atomic E-state index is 11.3. The average Bonchev–Trinajstić information content (AvgIpc) is 2.80. The summed E-state index contributed by atoms with van der Waals surface area (Å²) in [5.74, 6) is 0.420. The Morgan fingerprint density at radius 3 is 2.57 bits per heavy atom. The van der Waals surface area contributed by atoms with Crippen LogP contribution < -0.4 is 15.8 Å². The van der Waals surface area contributed by atoms with Crippen LogP contribution in [0.1, 0.15) is 19.0 Å². The topological polar surface area (TPSA) is 107 Å². The molecule has 0 bridgehead atoms. The van der Waals surface area contributed by atoms with Gasteiger partial charge in [0.1, 0.15) is 5.69 Å². The minimum atomic E-state index is -0.936. The van der Waals surface area contributed by atoms with E-state index in [9.17, 15) is 9.59 Å². The molecule has 7 nitrogen and oxygen atoms in total. The number of nitrogens with zero attached hydrogens (tertiary/aromatic N) is 1. The number of carbonyl (C=O) groups excluding carboxylic acids is 2. The molecule has 0 saturated heterocycles. The lowest BCUT2D eigenvalue weighted by molar-refractivity contribution is -0.115. The first-order valence-corrected chi connectivity index (χ1v) is 6.35. The minimum Gasteiger partial charge on any atom is -0.404 e. The highest BCUT2D eigenvalue weighted by Gasteiger charge is 2.18. The molecule has 3 N–H and O–H groups in total. The summed E-state index contributed by atoms with van der Waals surface area (Å²) >= 11 is 0. The predicted octanol–water partition coefficient (Wildman–Crippen LogP) is 2.46. The molecule has 2 aromatic rings. The molecule has 0 radical (unpaired) electrons. The fraction of sp³-hybridized carbons (Fsp3) is 0.214. The van der Waals surface area contributed by atoms with E-state index in [0.29, 0.717) is 29.1 Å². The summed E-state index contributed by atoms with van der Waals surface area (Å²) in [4.78, 5) is 22.2. The van der Waals surface area contributed by atoms with Crippen LogP contribution in [0.5, 0.6) is 5.75 Å². The summed E-state index contributed by atoms with van der Waals surface area (Å²) in [6, 6.07) is 6.88. The number of hydrogen-bond donors (Lipinski definition) is 2. The third-order valence-corrected chi connectivity index (χ3v) is 2.76. The molecule has 0 aliphatic carbocycles.